The molecule has 0 aromatic carbocycles. The second-order valence-corrected chi connectivity index (χ2v) is 15.8. The molecule has 0 heterocycles. The third kappa shape index (κ3) is 39.7. The molecule has 0 rings (SSSR count). The van der Waals surface area contributed by atoms with E-state index in [9.17, 15) is 19.2 Å². The quantitative estimate of drug-likeness (QED) is 0.0273. The number of aliphatic hydroxyl groups is 1. The molecule has 0 spiro atoms. The highest BCUT2D eigenvalue weighted by Crippen LogP contribution is 2.18. The van der Waals surface area contributed by atoms with Crippen LogP contribution in [-0.4, -0.2) is 59.3 Å². The maximum absolute atomic E-state index is 12.8. The van der Waals surface area contributed by atoms with Crippen LogP contribution in [0.1, 0.15) is 219 Å². The molecule has 0 radical (unpaired) electrons. The highest BCUT2D eigenvalue weighted by atomic mass is 16.5. The molecule has 57 heavy (non-hydrogen) atoms. The molecule has 9 nitrogen and oxygen atoms in total. The van der Waals surface area contributed by atoms with Gasteiger partial charge in [0.1, 0.15) is 12.1 Å². The number of aliphatic hydroxyl groups excluding tert-OH is 1. The number of carboxylic acid groups (broad SMARTS) is 1. The summed E-state index contributed by atoms with van der Waals surface area (Å²) in [7, 11) is 0. The van der Waals surface area contributed by atoms with Crippen molar-refractivity contribution in [2.75, 3.05) is 13.2 Å². The van der Waals surface area contributed by atoms with Gasteiger partial charge in [0.15, 0.2) is 0 Å². The highest BCUT2D eigenvalue weighted by molar-refractivity contribution is 5.87. The van der Waals surface area contributed by atoms with Crippen molar-refractivity contribution in [3.8, 4) is 0 Å². The van der Waals surface area contributed by atoms with Gasteiger partial charge in [-0.2, -0.15) is 0 Å². The molecule has 0 bridgehead atoms. The van der Waals surface area contributed by atoms with Crippen molar-refractivity contribution in [2.45, 2.75) is 231 Å². The fourth-order valence-corrected chi connectivity index (χ4v) is 6.75. The van der Waals surface area contributed by atoms with Crippen molar-refractivity contribution >= 4 is 23.8 Å². The van der Waals surface area contributed by atoms with E-state index in [1.165, 1.54) is 109 Å². The number of unbranched alkanes of at least 4 members (excludes halogenated alkanes) is 22. The van der Waals surface area contributed by atoms with Crippen LogP contribution < -0.4 is 10.6 Å². The number of aliphatic carboxylic acids is 1. The Bertz CT molecular complexity index is 1060. The molecular weight excluding hydrogens is 717 g/mol. The first-order chi connectivity index (χ1) is 27.8. The Hall–Kier alpha value is -2.94. The molecule has 4 N–H and O–H groups in total. The second-order valence-electron chi connectivity index (χ2n) is 15.8. The first-order valence-electron chi connectivity index (χ1n) is 23.4. The minimum Gasteiger partial charge on any atom is -0.480 e. The molecule has 0 fully saturated rings. The number of carbonyl (C=O) groups is 4. The van der Waals surface area contributed by atoms with E-state index in [0.717, 1.165) is 77.0 Å². The smallest absolute Gasteiger partial charge is 0.328 e. The number of ether oxygens (including phenoxy) is 1. The number of carbonyl (C=O) groups excluding carboxylic acids is 3. The topological polar surface area (TPSA) is 142 Å². The summed E-state index contributed by atoms with van der Waals surface area (Å²) in [5.74, 6) is -2.32. The van der Waals surface area contributed by atoms with E-state index in [2.05, 4.69) is 60.9 Å². The Morgan fingerprint density at radius 3 is 1.51 bits per heavy atom. The van der Waals surface area contributed by atoms with Crippen LogP contribution in [0.25, 0.3) is 0 Å². The maximum Gasteiger partial charge on any atom is 0.328 e. The summed E-state index contributed by atoms with van der Waals surface area (Å²) < 4.78 is 6.02. The van der Waals surface area contributed by atoms with Crippen LogP contribution in [0.4, 0.5) is 0 Å². The zero-order valence-corrected chi connectivity index (χ0v) is 36.6. The Balaban J connectivity index is 4.30. The van der Waals surface area contributed by atoms with Gasteiger partial charge in [-0.1, -0.05) is 153 Å². The molecule has 2 unspecified atom stereocenters. The number of hydrogen-bond donors (Lipinski definition) is 4. The fourth-order valence-electron chi connectivity index (χ4n) is 6.75. The van der Waals surface area contributed by atoms with Gasteiger partial charge in [0, 0.05) is 12.8 Å². The Kier molecular flexibility index (Phi) is 40.5. The molecule has 0 aromatic heterocycles. The highest BCUT2D eigenvalue weighted by Gasteiger charge is 2.19. The van der Waals surface area contributed by atoms with Gasteiger partial charge in [-0.05, 0) is 89.9 Å². The summed E-state index contributed by atoms with van der Waals surface area (Å²) in [6.45, 7) is 3.46. The average Bonchev–Trinajstić information content (AvgIpc) is 3.20. The summed E-state index contributed by atoms with van der Waals surface area (Å²) in [4.78, 5) is 47.6. The number of esters is 1. The summed E-state index contributed by atoms with van der Waals surface area (Å²) >= 11 is 0. The van der Waals surface area contributed by atoms with Crippen LogP contribution in [0, 0.1) is 0 Å². The van der Waals surface area contributed by atoms with Crippen molar-refractivity contribution in [1.82, 2.24) is 10.6 Å². The number of carboxylic acids is 1. The lowest BCUT2D eigenvalue weighted by molar-refractivity contribution is -0.150. The molecule has 0 aliphatic carbocycles. The molecule has 2 atom stereocenters. The van der Waals surface area contributed by atoms with Crippen molar-refractivity contribution in [1.29, 1.82) is 0 Å². The van der Waals surface area contributed by atoms with Crippen molar-refractivity contribution in [3.63, 3.8) is 0 Å². The third-order valence-electron chi connectivity index (χ3n) is 10.4. The second kappa shape index (κ2) is 42.7. The molecule has 0 aromatic rings. The fraction of sp³-hybridized carbons (Fsp3) is 0.792. The molecular formula is C48H86N2O7. The molecule has 0 aliphatic rings. The van der Waals surface area contributed by atoms with Crippen molar-refractivity contribution < 1.29 is 34.1 Å². The van der Waals surface area contributed by atoms with Crippen LogP contribution in [-0.2, 0) is 23.9 Å². The first-order valence-corrected chi connectivity index (χ1v) is 23.4. The van der Waals surface area contributed by atoms with Gasteiger partial charge < -0.3 is 25.6 Å². The number of hydrogen-bond acceptors (Lipinski definition) is 6. The van der Waals surface area contributed by atoms with Crippen LogP contribution in [0.2, 0.25) is 0 Å². The molecule has 9 heteroatoms. The summed E-state index contributed by atoms with van der Waals surface area (Å²) in [5, 5.41) is 22.6. The Morgan fingerprint density at radius 1 is 0.526 bits per heavy atom. The Labute approximate surface area is 348 Å². The molecule has 0 aliphatic heterocycles. The zero-order chi connectivity index (χ0) is 41.9. The lowest BCUT2D eigenvalue weighted by Crippen LogP contribution is -2.47. The van der Waals surface area contributed by atoms with Crippen LogP contribution in [0.3, 0.4) is 0 Å². The van der Waals surface area contributed by atoms with E-state index in [1.54, 1.807) is 0 Å². The van der Waals surface area contributed by atoms with Gasteiger partial charge >= 0.3 is 11.9 Å². The normalized spacial score (nSPS) is 12.8. The van der Waals surface area contributed by atoms with Gasteiger partial charge in [-0.25, -0.2) is 4.79 Å². The van der Waals surface area contributed by atoms with E-state index in [4.69, 9.17) is 14.9 Å². The van der Waals surface area contributed by atoms with E-state index in [-0.39, 0.29) is 30.9 Å². The van der Waals surface area contributed by atoms with E-state index < -0.39 is 24.5 Å². The number of amides is 2. The number of rotatable bonds is 42. The monoisotopic (exact) mass is 803 g/mol. The predicted octanol–water partition coefficient (Wildman–Crippen LogP) is 11.8. The Morgan fingerprint density at radius 2 is 0.965 bits per heavy atom. The lowest BCUT2D eigenvalue weighted by atomic mass is 10.0. The van der Waals surface area contributed by atoms with Crippen LogP contribution in [0.15, 0.2) is 36.5 Å². The van der Waals surface area contributed by atoms with Gasteiger partial charge in [0.2, 0.25) is 11.8 Å². The van der Waals surface area contributed by atoms with Gasteiger partial charge in [-0.3, -0.25) is 14.4 Å². The van der Waals surface area contributed by atoms with E-state index in [0.29, 0.717) is 12.8 Å². The van der Waals surface area contributed by atoms with Gasteiger partial charge in [0.05, 0.1) is 13.2 Å². The first kappa shape index (κ1) is 54.1. The SMILES string of the molecule is CCCCCC/C=C\C/C=C\CCCCCCCCCC(=O)OC(CCC/C=C\CCCCCCCC)CCCCCCCC(=O)NCC(=O)NC(CO)C(=O)O. The van der Waals surface area contributed by atoms with Crippen molar-refractivity contribution in [2.24, 2.45) is 0 Å². The number of nitrogens with one attached hydrogen (secondary N) is 2. The largest absolute Gasteiger partial charge is 0.480 e. The van der Waals surface area contributed by atoms with Gasteiger partial charge in [0.25, 0.3) is 0 Å². The van der Waals surface area contributed by atoms with E-state index >= 15 is 0 Å². The summed E-state index contributed by atoms with van der Waals surface area (Å²) in [6, 6.07) is -1.38. The average molecular weight is 803 g/mol. The maximum atomic E-state index is 12.8. The molecule has 0 saturated carbocycles. The van der Waals surface area contributed by atoms with Crippen LogP contribution in [0.5, 0.6) is 0 Å². The third-order valence-corrected chi connectivity index (χ3v) is 10.4. The predicted molar refractivity (Wildman–Crippen MR) is 236 cm³/mol. The standard InChI is InChI=1S/C48H86N2O7/c1-3-5-7-9-11-13-15-16-17-18-19-20-21-23-25-27-32-36-40-47(54)57-43(37-33-29-26-24-22-14-12-10-8-6-4-2)38-34-30-28-31-35-39-45(52)49-41-46(53)50-44(42-51)48(55)56/h13,15,17-18,24,26,43-44,51H,3-12,14,16,19-23,25,27-42H2,1-2H3,(H,49,52)(H,50,53)(H,55,56)/b15-13-,18-17-,26-24-. The summed E-state index contributed by atoms with van der Waals surface area (Å²) in [5.41, 5.74) is 0. The van der Waals surface area contributed by atoms with Gasteiger partial charge in [-0.15, -0.1) is 0 Å². The molecule has 2 amide bonds. The number of allylic oxidation sites excluding steroid dienone is 6. The minimum absolute atomic E-state index is 0.0476. The zero-order valence-electron chi connectivity index (χ0n) is 36.6. The van der Waals surface area contributed by atoms with Crippen LogP contribution >= 0.6 is 0 Å². The molecule has 0 saturated heterocycles. The van der Waals surface area contributed by atoms with Crippen molar-refractivity contribution in [3.05, 3.63) is 36.5 Å². The minimum atomic E-state index is -1.38. The lowest BCUT2D eigenvalue weighted by Gasteiger charge is -2.18. The van der Waals surface area contributed by atoms with E-state index in [1.807, 2.05) is 0 Å². The molecule has 330 valence electrons. The summed E-state index contributed by atoms with van der Waals surface area (Å²) in [6.07, 6.45) is 48.9.